The molecular weight excluding hydrogens is 544 g/mol. The van der Waals surface area contributed by atoms with Crippen LogP contribution in [0.25, 0.3) is 88.0 Å². The second-order valence-electron chi connectivity index (χ2n) is 11.3. The molecule has 9 rings (SSSR count). The molecule has 0 aliphatic rings. The minimum Gasteiger partial charge on any atom is -0.455 e. The average Bonchev–Trinajstić information content (AvgIpc) is 3.54. The summed E-state index contributed by atoms with van der Waals surface area (Å²) in [6, 6.07) is 46.0. The van der Waals surface area contributed by atoms with Gasteiger partial charge in [-0.2, -0.15) is 0 Å². The first-order valence-electron chi connectivity index (χ1n) is 17.5. The molecule has 1 nitrogen and oxygen atoms in total. The van der Waals surface area contributed by atoms with Crippen LogP contribution in [-0.4, -0.2) is 0 Å². The highest BCUT2D eigenvalue weighted by Gasteiger charge is 2.19. The van der Waals surface area contributed by atoms with E-state index in [4.69, 9.17) is 11.3 Å². The minimum absolute atomic E-state index is 0.194. The molecular formula is C44H28O. The predicted molar refractivity (Wildman–Crippen MR) is 190 cm³/mol. The number of rotatable bonds is 4. The lowest BCUT2D eigenvalue weighted by Crippen LogP contribution is -1.91. The number of hydrogen-bond acceptors (Lipinski definition) is 1. The SMILES string of the molecule is [2H]c1c([2H])c([2H])c(-c2cccc(-c3c4ccccc4c(-c4ccc5oc6c(-c7ccccc7)cccc6c5c4)c4ccccc34)c2)c([2H])c1[2H]. The van der Waals surface area contributed by atoms with Gasteiger partial charge in [0.2, 0.25) is 0 Å². The minimum atomic E-state index is -0.397. The average molecular weight is 578 g/mol. The second-order valence-corrected chi connectivity index (χ2v) is 11.3. The van der Waals surface area contributed by atoms with E-state index < -0.39 is 6.04 Å². The van der Waals surface area contributed by atoms with Crippen LogP contribution in [0.4, 0.5) is 0 Å². The van der Waals surface area contributed by atoms with E-state index >= 15 is 0 Å². The summed E-state index contributed by atoms with van der Waals surface area (Å²) in [4.78, 5) is 0. The molecule has 0 aliphatic carbocycles. The third kappa shape index (κ3) is 4.17. The van der Waals surface area contributed by atoms with Crippen molar-refractivity contribution < 1.29 is 11.3 Å². The molecule has 0 N–H and O–H groups in total. The van der Waals surface area contributed by atoms with Crippen molar-refractivity contribution in [3.63, 3.8) is 0 Å². The Bertz CT molecular complexity index is 2730. The van der Waals surface area contributed by atoms with Crippen LogP contribution in [0, 0.1) is 0 Å². The number of fused-ring (bicyclic) bond motifs is 5. The Morgan fingerprint density at radius 3 is 1.62 bits per heavy atom. The van der Waals surface area contributed by atoms with Crippen molar-refractivity contribution >= 4 is 43.5 Å². The lowest BCUT2D eigenvalue weighted by atomic mass is 9.85. The first-order valence-corrected chi connectivity index (χ1v) is 15.0. The monoisotopic (exact) mass is 577 g/mol. The van der Waals surface area contributed by atoms with E-state index in [0.717, 1.165) is 76.9 Å². The van der Waals surface area contributed by atoms with Crippen LogP contribution in [0.2, 0.25) is 0 Å². The first-order chi connectivity index (χ1) is 24.4. The van der Waals surface area contributed by atoms with Gasteiger partial charge in [-0.15, -0.1) is 0 Å². The van der Waals surface area contributed by atoms with Crippen LogP contribution in [0.5, 0.6) is 0 Å². The molecule has 8 aromatic carbocycles. The number of furan rings is 1. The summed E-state index contributed by atoms with van der Waals surface area (Å²) in [6.45, 7) is 0. The highest BCUT2D eigenvalue weighted by molar-refractivity contribution is 6.22. The molecule has 0 amide bonds. The predicted octanol–water partition coefficient (Wildman–Crippen LogP) is 12.6. The maximum Gasteiger partial charge on any atom is 0.143 e. The highest BCUT2D eigenvalue weighted by Crippen LogP contribution is 2.45. The lowest BCUT2D eigenvalue weighted by Gasteiger charge is -2.18. The Balaban J connectivity index is 1.28. The molecule has 0 aliphatic heterocycles. The Kier molecular flexibility index (Phi) is 4.81. The van der Waals surface area contributed by atoms with E-state index in [2.05, 4.69) is 84.9 Å². The van der Waals surface area contributed by atoms with E-state index in [9.17, 15) is 0 Å². The molecule has 45 heavy (non-hydrogen) atoms. The summed E-state index contributed by atoms with van der Waals surface area (Å²) >= 11 is 0. The third-order valence-electron chi connectivity index (χ3n) is 8.74. The fraction of sp³-hybridized carbons (Fsp3) is 0. The maximum absolute atomic E-state index is 8.61. The van der Waals surface area contributed by atoms with Gasteiger partial charge in [-0.05, 0) is 78.7 Å². The van der Waals surface area contributed by atoms with Crippen LogP contribution >= 0.6 is 0 Å². The van der Waals surface area contributed by atoms with Gasteiger partial charge in [0.25, 0.3) is 0 Å². The van der Waals surface area contributed by atoms with Gasteiger partial charge in [0, 0.05) is 16.3 Å². The Morgan fingerprint density at radius 1 is 0.378 bits per heavy atom. The zero-order valence-corrected chi connectivity index (χ0v) is 24.2. The van der Waals surface area contributed by atoms with E-state index in [0.29, 0.717) is 5.56 Å². The summed E-state index contributed by atoms with van der Waals surface area (Å²) in [6.07, 6.45) is 0. The number of hydrogen-bond donors (Lipinski definition) is 0. The fourth-order valence-electron chi connectivity index (χ4n) is 6.77. The molecule has 0 unspecified atom stereocenters. The lowest BCUT2D eigenvalue weighted by molar-refractivity contribution is 0.670. The van der Waals surface area contributed by atoms with Gasteiger partial charge < -0.3 is 4.42 Å². The molecule has 0 bridgehead atoms. The molecule has 1 heterocycles. The topological polar surface area (TPSA) is 13.1 Å². The van der Waals surface area contributed by atoms with Crippen LogP contribution in [0.1, 0.15) is 6.85 Å². The molecule has 1 heteroatoms. The van der Waals surface area contributed by atoms with Crippen molar-refractivity contribution in [1.29, 1.82) is 0 Å². The molecule has 0 radical (unpaired) electrons. The quantitative estimate of drug-likeness (QED) is 0.190. The van der Waals surface area contributed by atoms with Gasteiger partial charge in [-0.1, -0.05) is 152 Å². The van der Waals surface area contributed by atoms with Gasteiger partial charge in [0.05, 0.1) is 6.85 Å². The van der Waals surface area contributed by atoms with E-state index in [1.165, 1.54) is 0 Å². The van der Waals surface area contributed by atoms with E-state index in [1.807, 2.05) is 54.6 Å². The highest BCUT2D eigenvalue weighted by atomic mass is 16.3. The van der Waals surface area contributed by atoms with Gasteiger partial charge in [0.15, 0.2) is 0 Å². The van der Waals surface area contributed by atoms with Crippen molar-refractivity contribution in [2.24, 2.45) is 0 Å². The normalized spacial score (nSPS) is 13.1. The number of para-hydroxylation sites is 1. The van der Waals surface area contributed by atoms with Gasteiger partial charge in [-0.25, -0.2) is 0 Å². The second kappa shape index (κ2) is 10.4. The maximum atomic E-state index is 8.61. The van der Waals surface area contributed by atoms with Gasteiger partial charge >= 0.3 is 0 Å². The van der Waals surface area contributed by atoms with Crippen molar-refractivity contribution in [1.82, 2.24) is 0 Å². The molecule has 0 saturated carbocycles. The summed E-state index contributed by atoms with van der Waals surface area (Å²) in [5, 5.41) is 6.42. The Hall–Kier alpha value is -5.92. The van der Waals surface area contributed by atoms with Crippen LogP contribution < -0.4 is 0 Å². The molecule has 9 aromatic rings. The van der Waals surface area contributed by atoms with Crippen LogP contribution in [0.15, 0.2) is 174 Å². The first kappa shape index (κ1) is 20.9. The van der Waals surface area contributed by atoms with Crippen molar-refractivity contribution in [2.75, 3.05) is 0 Å². The molecule has 0 spiro atoms. The standard InChI is InChI=1S/C44H28O/c1-3-13-29(14-4-1)31-17-11-18-32(27-31)42-35-19-7-9-21-37(35)43(38-22-10-8-20-36(38)42)33-25-26-41-40(28-33)39-24-12-23-34(44(39)45-41)30-15-5-2-6-16-30/h1-28H/i1D,3D,4D,13D,14D. The largest absolute Gasteiger partial charge is 0.455 e. The molecule has 0 saturated heterocycles. The smallest absolute Gasteiger partial charge is 0.143 e. The summed E-state index contributed by atoms with van der Waals surface area (Å²) < 4.78 is 48.3. The summed E-state index contributed by atoms with van der Waals surface area (Å²) in [5.74, 6) is 0. The van der Waals surface area contributed by atoms with Crippen LogP contribution in [0.3, 0.4) is 0 Å². The van der Waals surface area contributed by atoms with Crippen LogP contribution in [-0.2, 0) is 0 Å². The van der Waals surface area contributed by atoms with E-state index in [-0.39, 0.29) is 29.7 Å². The zero-order valence-electron chi connectivity index (χ0n) is 29.2. The molecule has 1 aromatic heterocycles. The van der Waals surface area contributed by atoms with Crippen molar-refractivity contribution in [3.05, 3.63) is 170 Å². The Labute approximate surface area is 268 Å². The van der Waals surface area contributed by atoms with E-state index in [1.54, 1.807) is 0 Å². The van der Waals surface area contributed by atoms with Crippen molar-refractivity contribution in [3.8, 4) is 44.5 Å². The number of benzene rings is 8. The summed E-state index contributed by atoms with van der Waals surface area (Å²) in [5.41, 5.74) is 8.77. The van der Waals surface area contributed by atoms with Gasteiger partial charge in [0.1, 0.15) is 11.2 Å². The third-order valence-corrected chi connectivity index (χ3v) is 8.74. The molecule has 0 atom stereocenters. The molecule has 0 fully saturated rings. The Morgan fingerprint density at radius 2 is 0.933 bits per heavy atom. The van der Waals surface area contributed by atoms with Gasteiger partial charge in [-0.3, -0.25) is 0 Å². The molecule has 210 valence electrons. The zero-order chi connectivity index (χ0) is 34.1. The fourth-order valence-corrected chi connectivity index (χ4v) is 6.77. The van der Waals surface area contributed by atoms with Crippen molar-refractivity contribution in [2.45, 2.75) is 0 Å². The summed E-state index contributed by atoms with van der Waals surface area (Å²) in [7, 11) is 0.